The van der Waals surface area contributed by atoms with E-state index in [4.69, 9.17) is 4.74 Å². The van der Waals surface area contributed by atoms with Crippen LogP contribution in [0.15, 0.2) is 72.8 Å². The fourth-order valence-corrected chi connectivity index (χ4v) is 4.97. The van der Waals surface area contributed by atoms with Crippen LogP contribution in [0.5, 0.6) is 0 Å². The number of piperazine rings is 1. The second-order valence-corrected chi connectivity index (χ2v) is 9.98. The average Bonchev–Trinajstić information content (AvgIpc) is 3.73. The van der Waals surface area contributed by atoms with Crippen molar-refractivity contribution in [3.05, 3.63) is 83.9 Å². The lowest BCUT2D eigenvalue weighted by atomic mass is 10.1. The number of hydrogen-bond acceptors (Lipinski definition) is 5. The molecule has 1 heterocycles. The molecule has 37 heavy (non-hydrogen) atoms. The molecule has 7 heteroatoms. The SMILES string of the molecule is COCc1ccc(C(=O)Nc2ccc(-c3ccccc3)cc2)cc1NC(=O)C1(N2CCN(C)CC2)CC1. The van der Waals surface area contributed by atoms with E-state index in [0.29, 0.717) is 23.5 Å². The molecule has 192 valence electrons. The maximum Gasteiger partial charge on any atom is 0.255 e. The van der Waals surface area contributed by atoms with E-state index in [1.54, 1.807) is 19.2 Å². The summed E-state index contributed by atoms with van der Waals surface area (Å²) in [4.78, 5) is 31.1. The highest BCUT2D eigenvalue weighted by Gasteiger charge is 2.54. The number of nitrogens with zero attached hydrogens (tertiary/aromatic N) is 2. The molecule has 0 aromatic heterocycles. The van der Waals surface area contributed by atoms with Gasteiger partial charge >= 0.3 is 0 Å². The molecule has 5 rings (SSSR count). The van der Waals surface area contributed by atoms with E-state index in [2.05, 4.69) is 39.6 Å². The number of hydrogen-bond donors (Lipinski definition) is 2. The van der Waals surface area contributed by atoms with Gasteiger partial charge in [0.05, 0.1) is 6.61 Å². The van der Waals surface area contributed by atoms with Gasteiger partial charge in [-0.2, -0.15) is 0 Å². The van der Waals surface area contributed by atoms with Crippen LogP contribution in [0.3, 0.4) is 0 Å². The molecule has 0 unspecified atom stereocenters. The zero-order valence-electron chi connectivity index (χ0n) is 21.5. The molecule has 1 saturated heterocycles. The summed E-state index contributed by atoms with van der Waals surface area (Å²) in [5.74, 6) is -0.226. The minimum atomic E-state index is -0.440. The van der Waals surface area contributed by atoms with Crippen LogP contribution in [0, 0.1) is 0 Å². The lowest BCUT2D eigenvalue weighted by molar-refractivity contribution is -0.123. The Morgan fingerprint density at radius 1 is 0.865 bits per heavy atom. The zero-order valence-corrected chi connectivity index (χ0v) is 21.5. The summed E-state index contributed by atoms with van der Waals surface area (Å²) in [5, 5.41) is 6.11. The number of carbonyl (C=O) groups excluding carboxylic acids is 2. The van der Waals surface area contributed by atoms with Gasteiger partial charge < -0.3 is 20.3 Å². The molecule has 7 nitrogen and oxygen atoms in total. The third-order valence-corrected chi connectivity index (χ3v) is 7.42. The van der Waals surface area contributed by atoms with Crippen molar-refractivity contribution in [1.29, 1.82) is 0 Å². The molecule has 0 atom stereocenters. The number of carbonyl (C=O) groups is 2. The highest BCUT2D eigenvalue weighted by Crippen LogP contribution is 2.43. The van der Waals surface area contributed by atoms with E-state index in [0.717, 1.165) is 55.7 Å². The molecule has 3 aromatic carbocycles. The van der Waals surface area contributed by atoms with Crippen molar-refractivity contribution in [3.8, 4) is 11.1 Å². The van der Waals surface area contributed by atoms with Gasteiger partial charge in [-0.1, -0.05) is 48.5 Å². The first kappa shape index (κ1) is 25.1. The van der Waals surface area contributed by atoms with Gasteiger partial charge in [-0.3, -0.25) is 14.5 Å². The van der Waals surface area contributed by atoms with Gasteiger partial charge in [0, 0.05) is 55.8 Å². The number of benzene rings is 3. The van der Waals surface area contributed by atoms with Gasteiger partial charge in [0.15, 0.2) is 0 Å². The highest BCUT2D eigenvalue weighted by molar-refractivity contribution is 6.06. The minimum Gasteiger partial charge on any atom is -0.380 e. The molecule has 1 aliphatic heterocycles. The monoisotopic (exact) mass is 498 g/mol. The molecule has 2 N–H and O–H groups in total. The van der Waals surface area contributed by atoms with Crippen LogP contribution < -0.4 is 10.6 Å². The van der Waals surface area contributed by atoms with E-state index >= 15 is 0 Å². The number of methoxy groups -OCH3 is 1. The Bertz CT molecular complexity index is 1250. The quantitative estimate of drug-likeness (QED) is 0.479. The Labute approximate surface area is 218 Å². The van der Waals surface area contributed by atoms with Crippen LogP contribution in [0.25, 0.3) is 11.1 Å². The number of nitrogens with one attached hydrogen (secondary N) is 2. The summed E-state index contributed by atoms with van der Waals surface area (Å²) in [5.41, 5.74) is 4.43. The van der Waals surface area contributed by atoms with Crippen molar-refractivity contribution < 1.29 is 14.3 Å². The van der Waals surface area contributed by atoms with E-state index in [1.807, 2.05) is 48.5 Å². The maximum absolute atomic E-state index is 13.4. The van der Waals surface area contributed by atoms with Gasteiger partial charge in [-0.25, -0.2) is 0 Å². The normalized spacial score (nSPS) is 17.2. The van der Waals surface area contributed by atoms with Crippen molar-refractivity contribution in [3.63, 3.8) is 0 Å². The van der Waals surface area contributed by atoms with Crippen molar-refractivity contribution >= 4 is 23.2 Å². The molecule has 0 radical (unpaired) electrons. The van der Waals surface area contributed by atoms with Crippen LogP contribution in [-0.2, 0) is 16.1 Å². The van der Waals surface area contributed by atoms with Crippen molar-refractivity contribution in [2.24, 2.45) is 0 Å². The first-order valence-electron chi connectivity index (χ1n) is 12.8. The number of likely N-dealkylation sites (N-methyl/N-ethyl adjacent to an activating group) is 1. The first-order chi connectivity index (χ1) is 18.0. The summed E-state index contributed by atoms with van der Waals surface area (Å²) in [6.07, 6.45) is 1.72. The maximum atomic E-state index is 13.4. The summed E-state index contributed by atoms with van der Waals surface area (Å²) in [6, 6.07) is 23.3. The largest absolute Gasteiger partial charge is 0.380 e. The summed E-state index contributed by atoms with van der Waals surface area (Å²) in [7, 11) is 3.74. The van der Waals surface area contributed by atoms with E-state index in [-0.39, 0.29) is 11.8 Å². The number of rotatable bonds is 8. The highest BCUT2D eigenvalue weighted by atomic mass is 16.5. The predicted molar refractivity (Wildman–Crippen MR) is 147 cm³/mol. The number of amides is 2. The molecule has 1 saturated carbocycles. The van der Waals surface area contributed by atoms with Crippen LogP contribution in [0.2, 0.25) is 0 Å². The Morgan fingerprint density at radius 2 is 1.54 bits per heavy atom. The van der Waals surface area contributed by atoms with E-state index in [9.17, 15) is 9.59 Å². The molecule has 0 bridgehead atoms. The molecule has 1 aliphatic carbocycles. The Kier molecular flexibility index (Phi) is 7.37. The number of ether oxygens (including phenoxy) is 1. The molecule has 2 aliphatic rings. The van der Waals surface area contributed by atoms with Gasteiger partial charge in [-0.15, -0.1) is 0 Å². The predicted octanol–water partition coefficient (Wildman–Crippen LogP) is 4.47. The lowest BCUT2D eigenvalue weighted by Crippen LogP contribution is -2.54. The topological polar surface area (TPSA) is 73.9 Å². The third-order valence-electron chi connectivity index (χ3n) is 7.42. The van der Waals surface area contributed by atoms with Crippen molar-refractivity contribution in [2.75, 3.05) is 51.0 Å². The fourth-order valence-electron chi connectivity index (χ4n) is 4.97. The van der Waals surface area contributed by atoms with Crippen molar-refractivity contribution in [2.45, 2.75) is 25.0 Å². The average molecular weight is 499 g/mol. The summed E-state index contributed by atoms with van der Waals surface area (Å²) >= 11 is 0. The van der Waals surface area contributed by atoms with Crippen LogP contribution in [0.4, 0.5) is 11.4 Å². The molecule has 0 spiro atoms. The Morgan fingerprint density at radius 3 is 2.19 bits per heavy atom. The molecular weight excluding hydrogens is 464 g/mol. The zero-order chi connectivity index (χ0) is 25.8. The third kappa shape index (κ3) is 5.59. The first-order valence-corrected chi connectivity index (χ1v) is 12.8. The Balaban J connectivity index is 1.30. The Hall–Kier alpha value is -3.52. The molecular formula is C30H34N4O3. The van der Waals surface area contributed by atoms with Gasteiger partial charge in [0.2, 0.25) is 5.91 Å². The second kappa shape index (κ2) is 10.8. The van der Waals surface area contributed by atoms with Crippen LogP contribution >= 0.6 is 0 Å². The number of anilines is 2. The molecule has 2 amide bonds. The lowest BCUT2D eigenvalue weighted by Gasteiger charge is -2.37. The van der Waals surface area contributed by atoms with Crippen molar-refractivity contribution in [1.82, 2.24) is 9.80 Å². The van der Waals surface area contributed by atoms with Gasteiger partial charge in [0.25, 0.3) is 5.91 Å². The minimum absolute atomic E-state index is 0.00321. The second-order valence-electron chi connectivity index (χ2n) is 9.98. The summed E-state index contributed by atoms with van der Waals surface area (Å²) < 4.78 is 5.36. The standard InChI is InChI=1S/C30H34N4O3/c1-33-16-18-34(19-17-33)30(14-15-30)29(36)32-27-20-24(8-9-25(27)21-37-2)28(35)31-26-12-10-23(11-13-26)22-6-4-3-5-7-22/h3-13,20H,14-19,21H2,1-2H3,(H,31,35)(H,32,36). The van der Waals surface area contributed by atoms with Crippen LogP contribution in [-0.4, -0.2) is 67.5 Å². The summed E-state index contributed by atoms with van der Waals surface area (Å²) in [6.45, 7) is 4.05. The van der Waals surface area contributed by atoms with E-state index in [1.165, 1.54) is 0 Å². The molecule has 3 aromatic rings. The van der Waals surface area contributed by atoms with E-state index < -0.39 is 5.54 Å². The van der Waals surface area contributed by atoms with Gasteiger partial charge in [0.1, 0.15) is 5.54 Å². The molecule has 2 fully saturated rings. The fraction of sp³-hybridized carbons (Fsp3) is 0.333. The smallest absolute Gasteiger partial charge is 0.255 e. The van der Waals surface area contributed by atoms with Crippen LogP contribution in [0.1, 0.15) is 28.8 Å². The van der Waals surface area contributed by atoms with Gasteiger partial charge in [-0.05, 0) is 55.3 Å².